The van der Waals surface area contributed by atoms with Gasteiger partial charge in [-0.1, -0.05) is 28.1 Å². The third-order valence-corrected chi connectivity index (χ3v) is 3.63. The van der Waals surface area contributed by atoms with Crippen LogP contribution in [0.25, 0.3) is 0 Å². The Bertz CT molecular complexity index is 700. The number of ether oxygens (including phenoxy) is 2. The van der Waals surface area contributed by atoms with E-state index in [9.17, 15) is 9.59 Å². The van der Waals surface area contributed by atoms with Gasteiger partial charge in [-0.05, 0) is 48.9 Å². The van der Waals surface area contributed by atoms with Crippen molar-refractivity contribution in [3.8, 4) is 5.75 Å². The first-order chi connectivity index (χ1) is 11.5. The normalized spacial score (nSPS) is 10.1. The van der Waals surface area contributed by atoms with Gasteiger partial charge < -0.3 is 14.8 Å². The molecule has 0 saturated heterocycles. The van der Waals surface area contributed by atoms with E-state index in [0.29, 0.717) is 5.56 Å². The molecule has 1 N–H and O–H groups in total. The lowest BCUT2D eigenvalue weighted by atomic mass is 10.2. The van der Waals surface area contributed by atoms with Crippen LogP contribution in [0.3, 0.4) is 0 Å². The lowest BCUT2D eigenvalue weighted by molar-refractivity contribution is -0.143. The molecule has 0 aromatic heterocycles. The van der Waals surface area contributed by atoms with Crippen molar-refractivity contribution in [2.45, 2.75) is 6.92 Å². The molecule has 0 atom stereocenters. The highest BCUT2D eigenvalue weighted by molar-refractivity contribution is 9.10. The zero-order valence-corrected chi connectivity index (χ0v) is 14.8. The molecule has 0 heterocycles. The maximum absolute atomic E-state index is 11.8. The SMILES string of the molecule is Cc1cccc(OCCOC(=O)CNC(=O)c2ccc(Br)cc2)c1. The van der Waals surface area contributed by atoms with Crippen LogP contribution < -0.4 is 10.1 Å². The third kappa shape index (κ3) is 6.04. The van der Waals surface area contributed by atoms with Gasteiger partial charge in [0.05, 0.1) is 0 Å². The van der Waals surface area contributed by atoms with Gasteiger partial charge in [0.2, 0.25) is 0 Å². The van der Waals surface area contributed by atoms with E-state index in [1.165, 1.54) is 0 Å². The van der Waals surface area contributed by atoms with E-state index in [1.54, 1.807) is 24.3 Å². The van der Waals surface area contributed by atoms with Crippen LogP contribution in [0.4, 0.5) is 0 Å². The number of carbonyl (C=O) groups excluding carboxylic acids is 2. The number of amides is 1. The molecular weight excluding hydrogens is 374 g/mol. The Balaban J connectivity index is 1.64. The molecule has 2 aromatic carbocycles. The number of rotatable bonds is 7. The van der Waals surface area contributed by atoms with Crippen LogP contribution in [-0.4, -0.2) is 31.6 Å². The van der Waals surface area contributed by atoms with Crippen molar-refractivity contribution in [2.75, 3.05) is 19.8 Å². The summed E-state index contributed by atoms with van der Waals surface area (Å²) in [4.78, 5) is 23.4. The predicted octanol–water partition coefficient (Wildman–Crippen LogP) is 3.11. The van der Waals surface area contributed by atoms with E-state index in [0.717, 1.165) is 15.8 Å². The number of carbonyl (C=O) groups is 2. The molecule has 0 aliphatic rings. The van der Waals surface area contributed by atoms with Crippen molar-refractivity contribution in [1.29, 1.82) is 0 Å². The average Bonchev–Trinajstić information content (AvgIpc) is 2.57. The van der Waals surface area contributed by atoms with Gasteiger partial charge in [-0.2, -0.15) is 0 Å². The molecule has 24 heavy (non-hydrogen) atoms. The zero-order valence-electron chi connectivity index (χ0n) is 13.3. The first-order valence-corrected chi connectivity index (χ1v) is 8.23. The molecule has 0 aliphatic heterocycles. The lowest BCUT2D eigenvalue weighted by Crippen LogP contribution is -2.31. The molecule has 6 heteroatoms. The second kappa shape index (κ2) is 9.08. The minimum atomic E-state index is -0.506. The van der Waals surface area contributed by atoms with Crippen LogP contribution in [-0.2, 0) is 9.53 Å². The molecule has 0 radical (unpaired) electrons. The van der Waals surface area contributed by atoms with Crippen LogP contribution in [0.2, 0.25) is 0 Å². The predicted molar refractivity (Wildman–Crippen MR) is 94.1 cm³/mol. The topological polar surface area (TPSA) is 64.6 Å². The quantitative estimate of drug-likeness (QED) is 0.581. The van der Waals surface area contributed by atoms with Gasteiger partial charge in [-0.3, -0.25) is 9.59 Å². The second-order valence-corrected chi connectivity index (χ2v) is 5.99. The van der Waals surface area contributed by atoms with E-state index in [4.69, 9.17) is 9.47 Å². The van der Waals surface area contributed by atoms with Gasteiger partial charge in [0.1, 0.15) is 25.5 Å². The highest BCUT2D eigenvalue weighted by atomic mass is 79.9. The third-order valence-electron chi connectivity index (χ3n) is 3.10. The monoisotopic (exact) mass is 391 g/mol. The standard InChI is InChI=1S/C18H18BrNO4/c1-13-3-2-4-16(11-13)23-9-10-24-17(21)12-20-18(22)14-5-7-15(19)8-6-14/h2-8,11H,9-10,12H2,1H3,(H,20,22). The van der Waals surface area contributed by atoms with Crippen molar-refractivity contribution in [3.63, 3.8) is 0 Å². The molecule has 126 valence electrons. The summed E-state index contributed by atoms with van der Waals surface area (Å²) in [6.45, 7) is 2.18. The van der Waals surface area contributed by atoms with Crippen molar-refractivity contribution in [1.82, 2.24) is 5.32 Å². The molecule has 0 fully saturated rings. The first kappa shape index (κ1) is 18.0. The van der Waals surface area contributed by atoms with E-state index >= 15 is 0 Å². The van der Waals surface area contributed by atoms with Gasteiger partial charge in [0.25, 0.3) is 5.91 Å². The molecule has 5 nitrogen and oxygen atoms in total. The summed E-state index contributed by atoms with van der Waals surface area (Å²) >= 11 is 3.30. The van der Waals surface area contributed by atoms with Crippen LogP contribution in [0.15, 0.2) is 53.0 Å². The Hall–Kier alpha value is -2.34. The van der Waals surface area contributed by atoms with Gasteiger partial charge in [-0.25, -0.2) is 0 Å². The van der Waals surface area contributed by atoms with Crippen LogP contribution in [0.1, 0.15) is 15.9 Å². The minimum absolute atomic E-state index is 0.126. The highest BCUT2D eigenvalue weighted by Crippen LogP contribution is 2.12. The molecule has 0 unspecified atom stereocenters. The van der Waals surface area contributed by atoms with E-state index in [2.05, 4.69) is 21.2 Å². The minimum Gasteiger partial charge on any atom is -0.490 e. The van der Waals surface area contributed by atoms with Crippen molar-refractivity contribution in [2.24, 2.45) is 0 Å². The Morgan fingerprint density at radius 3 is 2.54 bits per heavy atom. The molecule has 0 bridgehead atoms. The molecule has 2 rings (SSSR count). The maximum atomic E-state index is 11.8. The van der Waals surface area contributed by atoms with Crippen LogP contribution >= 0.6 is 15.9 Å². The Kier molecular flexibility index (Phi) is 6.81. The van der Waals surface area contributed by atoms with Crippen molar-refractivity contribution >= 4 is 27.8 Å². The summed E-state index contributed by atoms with van der Waals surface area (Å²) in [7, 11) is 0. The Morgan fingerprint density at radius 1 is 1.08 bits per heavy atom. The van der Waals surface area contributed by atoms with Gasteiger partial charge in [0.15, 0.2) is 0 Å². The summed E-state index contributed by atoms with van der Waals surface area (Å²) in [6.07, 6.45) is 0. The molecule has 0 spiro atoms. The summed E-state index contributed by atoms with van der Waals surface area (Å²) < 4.78 is 11.4. The Labute approximate surface area is 149 Å². The summed E-state index contributed by atoms with van der Waals surface area (Å²) in [5, 5.41) is 2.51. The number of aryl methyl sites for hydroxylation is 1. The molecular formula is C18H18BrNO4. The molecule has 0 saturated carbocycles. The fraction of sp³-hybridized carbons (Fsp3) is 0.222. The fourth-order valence-corrected chi connectivity index (χ4v) is 2.19. The van der Waals surface area contributed by atoms with Gasteiger partial charge >= 0.3 is 5.97 Å². The summed E-state index contributed by atoms with van der Waals surface area (Å²) in [6, 6.07) is 14.5. The lowest BCUT2D eigenvalue weighted by Gasteiger charge is -2.08. The van der Waals surface area contributed by atoms with E-state index in [1.807, 2.05) is 31.2 Å². The van der Waals surface area contributed by atoms with Gasteiger partial charge in [-0.15, -0.1) is 0 Å². The molecule has 2 aromatic rings. The Morgan fingerprint density at radius 2 is 1.83 bits per heavy atom. The number of hydrogen-bond donors (Lipinski definition) is 1. The number of nitrogens with one attached hydrogen (secondary N) is 1. The number of benzene rings is 2. The number of hydrogen-bond acceptors (Lipinski definition) is 4. The number of esters is 1. The van der Waals surface area contributed by atoms with Crippen molar-refractivity contribution in [3.05, 3.63) is 64.1 Å². The van der Waals surface area contributed by atoms with Crippen molar-refractivity contribution < 1.29 is 19.1 Å². The smallest absolute Gasteiger partial charge is 0.325 e. The summed E-state index contributed by atoms with van der Waals surface area (Å²) in [5.41, 5.74) is 1.58. The highest BCUT2D eigenvalue weighted by Gasteiger charge is 2.08. The first-order valence-electron chi connectivity index (χ1n) is 7.43. The maximum Gasteiger partial charge on any atom is 0.325 e. The largest absolute Gasteiger partial charge is 0.490 e. The zero-order chi connectivity index (χ0) is 17.4. The second-order valence-electron chi connectivity index (χ2n) is 5.08. The number of halogens is 1. The van der Waals surface area contributed by atoms with Gasteiger partial charge in [0, 0.05) is 10.0 Å². The average molecular weight is 392 g/mol. The van der Waals surface area contributed by atoms with E-state index < -0.39 is 5.97 Å². The van der Waals surface area contributed by atoms with Crippen LogP contribution in [0, 0.1) is 6.92 Å². The van der Waals surface area contributed by atoms with E-state index in [-0.39, 0.29) is 25.7 Å². The fourth-order valence-electron chi connectivity index (χ4n) is 1.93. The molecule has 0 aliphatic carbocycles. The van der Waals surface area contributed by atoms with Crippen LogP contribution in [0.5, 0.6) is 5.75 Å². The summed E-state index contributed by atoms with van der Waals surface area (Å²) in [5.74, 6) is -0.0987. The molecule has 1 amide bonds.